The summed E-state index contributed by atoms with van der Waals surface area (Å²) in [6, 6.07) is 15.4. The fourth-order valence-corrected chi connectivity index (χ4v) is 4.50. The minimum absolute atomic E-state index is 0.107. The first-order valence-electron chi connectivity index (χ1n) is 9.19. The van der Waals surface area contributed by atoms with Crippen LogP contribution in [0.25, 0.3) is 11.0 Å². The molecule has 0 fully saturated rings. The number of hydrogen-bond donors (Lipinski definition) is 1. The Labute approximate surface area is 165 Å². The third-order valence-corrected chi connectivity index (χ3v) is 6.41. The van der Waals surface area contributed by atoms with Crippen LogP contribution in [-0.2, 0) is 23.0 Å². The van der Waals surface area contributed by atoms with E-state index >= 15 is 0 Å². The summed E-state index contributed by atoms with van der Waals surface area (Å²) in [5, 5.41) is 6.20. The molecule has 0 spiro atoms. The molecular formula is C20H25N3O2S2. The van der Waals surface area contributed by atoms with Gasteiger partial charge in [-0.15, -0.1) is 0 Å². The number of hydrogen-bond acceptors (Lipinski definition) is 4. The van der Waals surface area contributed by atoms with E-state index in [9.17, 15) is 8.42 Å². The molecule has 2 N–H and O–H groups in total. The summed E-state index contributed by atoms with van der Waals surface area (Å²) in [6.07, 6.45) is 4.25. The number of nitrogens with zero attached hydrogens (tertiary/aromatic N) is 2. The molecule has 7 heteroatoms. The zero-order valence-corrected chi connectivity index (χ0v) is 17.1. The standard InChI is InChI=1S/C20H25N3O2S2/c1-2-3-13-23-19-12-11-17(27(21,24)25)15-18(19)22-20(23)26-14-7-10-16-8-5-4-6-9-16/h4-6,8-9,11-12,15H,2-3,7,10,13-14H2,1H3,(H2,21,24,25). The molecule has 0 saturated carbocycles. The molecular weight excluding hydrogens is 378 g/mol. The number of primary sulfonamides is 1. The van der Waals surface area contributed by atoms with Crippen LogP contribution in [0, 0.1) is 0 Å². The summed E-state index contributed by atoms with van der Waals surface area (Å²) >= 11 is 1.73. The predicted molar refractivity (Wildman–Crippen MR) is 112 cm³/mol. The Balaban J connectivity index is 1.77. The van der Waals surface area contributed by atoms with Gasteiger partial charge in [-0.25, -0.2) is 18.5 Å². The van der Waals surface area contributed by atoms with Crippen molar-refractivity contribution in [3.05, 3.63) is 54.1 Å². The van der Waals surface area contributed by atoms with Gasteiger partial charge >= 0.3 is 0 Å². The maximum absolute atomic E-state index is 11.6. The number of aryl methyl sites for hydroxylation is 2. The SMILES string of the molecule is CCCCn1c(SCCCc2ccccc2)nc2cc(S(N)(=O)=O)ccc21. The van der Waals surface area contributed by atoms with Crippen LogP contribution < -0.4 is 5.14 Å². The van der Waals surface area contributed by atoms with Gasteiger partial charge in [0.2, 0.25) is 10.0 Å². The smallest absolute Gasteiger partial charge is 0.238 e. The van der Waals surface area contributed by atoms with Gasteiger partial charge in [-0.3, -0.25) is 0 Å². The monoisotopic (exact) mass is 403 g/mol. The molecule has 0 aliphatic heterocycles. The zero-order valence-electron chi connectivity index (χ0n) is 15.5. The lowest BCUT2D eigenvalue weighted by atomic mass is 10.1. The summed E-state index contributed by atoms with van der Waals surface area (Å²) in [5.74, 6) is 0.965. The van der Waals surface area contributed by atoms with Crippen molar-refractivity contribution in [2.45, 2.75) is 49.2 Å². The molecule has 2 aromatic carbocycles. The normalized spacial score (nSPS) is 11.9. The van der Waals surface area contributed by atoms with E-state index in [1.165, 1.54) is 5.56 Å². The Morgan fingerprint density at radius 2 is 1.89 bits per heavy atom. The third-order valence-electron chi connectivity index (χ3n) is 4.43. The van der Waals surface area contributed by atoms with Crippen molar-refractivity contribution in [3.63, 3.8) is 0 Å². The van der Waals surface area contributed by atoms with Crippen molar-refractivity contribution in [1.82, 2.24) is 9.55 Å². The van der Waals surface area contributed by atoms with Crippen molar-refractivity contribution in [1.29, 1.82) is 0 Å². The molecule has 3 rings (SSSR count). The van der Waals surface area contributed by atoms with Crippen molar-refractivity contribution in [3.8, 4) is 0 Å². The maximum Gasteiger partial charge on any atom is 0.238 e. The average Bonchev–Trinajstić information content (AvgIpc) is 3.00. The van der Waals surface area contributed by atoms with Crippen LogP contribution in [-0.4, -0.2) is 23.7 Å². The second-order valence-corrected chi connectivity index (χ2v) is 9.16. The molecule has 144 valence electrons. The number of benzene rings is 2. The number of aromatic nitrogens is 2. The number of rotatable bonds is 9. The van der Waals surface area contributed by atoms with Crippen LogP contribution in [0.1, 0.15) is 31.7 Å². The Kier molecular flexibility index (Phi) is 6.57. The summed E-state index contributed by atoms with van der Waals surface area (Å²) in [7, 11) is -3.72. The van der Waals surface area contributed by atoms with Gasteiger partial charge in [0, 0.05) is 12.3 Å². The van der Waals surface area contributed by atoms with Gasteiger partial charge in [0.25, 0.3) is 0 Å². The van der Waals surface area contributed by atoms with E-state index in [0.717, 1.165) is 48.7 Å². The van der Waals surface area contributed by atoms with Gasteiger partial charge in [0.1, 0.15) is 0 Å². The largest absolute Gasteiger partial charge is 0.319 e. The molecule has 0 aliphatic carbocycles. The van der Waals surface area contributed by atoms with Crippen molar-refractivity contribution in [2.75, 3.05) is 5.75 Å². The number of nitrogens with two attached hydrogens (primary N) is 1. The van der Waals surface area contributed by atoms with Gasteiger partial charge in [0.15, 0.2) is 5.16 Å². The first kappa shape index (κ1) is 19.9. The number of sulfonamides is 1. The highest BCUT2D eigenvalue weighted by molar-refractivity contribution is 7.99. The van der Waals surface area contributed by atoms with E-state index in [1.807, 2.05) is 12.1 Å². The Morgan fingerprint density at radius 3 is 2.59 bits per heavy atom. The average molecular weight is 404 g/mol. The van der Waals surface area contributed by atoms with E-state index in [0.29, 0.717) is 5.52 Å². The predicted octanol–water partition coefficient (Wildman–Crippen LogP) is 4.21. The molecule has 0 radical (unpaired) electrons. The first-order valence-corrected chi connectivity index (χ1v) is 11.7. The molecule has 27 heavy (non-hydrogen) atoms. The van der Waals surface area contributed by atoms with Crippen LogP contribution in [0.3, 0.4) is 0 Å². The molecule has 0 bridgehead atoms. The molecule has 3 aromatic rings. The highest BCUT2D eigenvalue weighted by atomic mass is 32.2. The van der Waals surface area contributed by atoms with E-state index < -0.39 is 10.0 Å². The van der Waals surface area contributed by atoms with Crippen LogP contribution in [0.15, 0.2) is 58.6 Å². The molecule has 5 nitrogen and oxygen atoms in total. The van der Waals surface area contributed by atoms with Gasteiger partial charge < -0.3 is 4.57 Å². The number of fused-ring (bicyclic) bond motifs is 1. The highest BCUT2D eigenvalue weighted by Crippen LogP contribution is 2.27. The van der Waals surface area contributed by atoms with E-state index in [2.05, 4.69) is 35.8 Å². The Hall–Kier alpha value is -1.83. The fraction of sp³-hybridized carbons (Fsp3) is 0.350. The second-order valence-electron chi connectivity index (χ2n) is 6.53. The number of imidazole rings is 1. The summed E-state index contributed by atoms with van der Waals surface area (Å²) < 4.78 is 25.4. The molecule has 0 unspecified atom stereocenters. The Bertz CT molecular complexity index is 999. The first-order chi connectivity index (χ1) is 13.0. The topological polar surface area (TPSA) is 78.0 Å². The van der Waals surface area contributed by atoms with Crippen LogP contribution in [0.2, 0.25) is 0 Å². The molecule has 1 aromatic heterocycles. The van der Waals surface area contributed by atoms with E-state index in [-0.39, 0.29) is 4.90 Å². The van der Waals surface area contributed by atoms with E-state index in [4.69, 9.17) is 10.1 Å². The minimum atomic E-state index is -3.72. The van der Waals surface area contributed by atoms with Gasteiger partial charge in [-0.05, 0) is 43.0 Å². The molecule has 1 heterocycles. The van der Waals surface area contributed by atoms with Crippen LogP contribution in [0.4, 0.5) is 0 Å². The van der Waals surface area contributed by atoms with Gasteiger partial charge in [0.05, 0.1) is 15.9 Å². The van der Waals surface area contributed by atoms with Gasteiger partial charge in [-0.2, -0.15) is 0 Å². The van der Waals surface area contributed by atoms with Crippen LogP contribution in [0.5, 0.6) is 0 Å². The summed E-state index contributed by atoms with van der Waals surface area (Å²) in [6.45, 7) is 3.04. The lowest BCUT2D eigenvalue weighted by Crippen LogP contribution is -2.11. The molecule has 0 amide bonds. The fourth-order valence-electron chi connectivity index (χ4n) is 2.99. The highest BCUT2D eigenvalue weighted by Gasteiger charge is 2.15. The lowest BCUT2D eigenvalue weighted by Gasteiger charge is -2.08. The Morgan fingerprint density at radius 1 is 1.11 bits per heavy atom. The number of unbranched alkanes of at least 4 members (excludes halogenated alkanes) is 1. The molecule has 0 saturated heterocycles. The maximum atomic E-state index is 11.6. The third kappa shape index (κ3) is 5.12. The quantitative estimate of drug-likeness (QED) is 0.429. The molecule has 0 atom stereocenters. The summed E-state index contributed by atoms with van der Waals surface area (Å²) in [4.78, 5) is 4.80. The molecule has 0 aliphatic rings. The summed E-state index contributed by atoms with van der Waals surface area (Å²) in [5.41, 5.74) is 2.99. The van der Waals surface area contributed by atoms with Crippen molar-refractivity contribution < 1.29 is 8.42 Å². The van der Waals surface area contributed by atoms with Crippen LogP contribution >= 0.6 is 11.8 Å². The second kappa shape index (κ2) is 8.91. The van der Waals surface area contributed by atoms with Gasteiger partial charge in [-0.1, -0.05) is 55.4 Å². The van der Waals surface area contributed by atoms with E-state index in [1.54, 1.807) is 23.9 Å². The number of thioether (sulfide) groups is 1. The van der Waals surface area contributed by atoms with Crippen molar-refractivity contribution in [2.24, 2.45) is 5.14 Å². The lowest BCUT2D eigenvalue weighted by molar-refractivity contribution is 0.597. The minimum Gasteiger partial charge on any atom is -0.319 e. The van der Waals surface area contributed by atoms with Crippen molar-refractivity contribution >= 4 is 32.8 Å². The zero-order chi connectivity index (χ0) is 19.3.